The molecule has 1 unspecified atom stereocenters. The Hall–Kier alpha value is -2.08. The topological polar surface area (TPSA) is 56.6 Å². The number of para-hydroxylation sites is 1. The molecule has 1 heterocycles. The lowest BCUT2D eigenvalue weighted by atomic mass is 9.95. The highest BCUT2D eigenvalue weighted by molar-refractivity contribution is 6.10. The van der Waals surface area contributed by atoms with Crippen molar-refractivity contribution in [1.29, 1.82) is 5.26 Å². The molecule has 0 amide bonds. The zero-order valence-corrected chi connectivity index (χ0v) is 9.95. The third-order valence-corrected chi connectivity index (χ3v) is 3.02. The molecule has 2 rings (SSSR count). The zero-order chi connectivity index (χ0) is 12.4. The van der Waals surface area contributed by atoms with Crippen molar-refractivity contribution in [3.8, 4) is 6.07 Å². The van der Waals surface area contributed by atoms with Gasteiger partial charge in [0.25, 0.3) is 0 Å². The highest BCUT2D eigenvalue weighted by Crippen LogP contribution is 2.25. The lowest BCUT2D eigenvalue weighted by Crippen LogP contribution is -2.12. The molecule has 1 aromatic carbocycles. The summed E-state index contributed by atoms with van der Waals surface area (Å²) in [5.41, 5.74) is 2.44. The van der Waals surface area contributed by atoms with Crippen LogP contribution >= 0.6 is 0 Å². The number of carbonyl (C=O) groups is 1. The Morgan fingerprint density at radius 3 is 2.82 bits per heavy atom. The van der Waals surface area contributed by atoms with E-state index in [1.54, 1.807) is 0 Å². The van der Waals surface area contributed by atoms with E-state index in [9.17, 15) is 4.79 Å². The third-order valence-electron chi connectivity index (χ3n) is 3.02. The monoisotopic (exact) mass is 226 g/mol. The van der Waals surface area contributed by atoms with Gasteiger partial charge in [0.05, 0.1) is 6.07 Å². The van der Waals surface area contributed by atoms with Crippen LogP contribution in [0.2, 0.25) is 0 Å². The number of benzene rings is 1. The Morgan fingerprint density at radius 1 is 1.47 bits per heavy atom. The Kier molecular flexibility index (Phi) is 2.97. The summed E-state index contributed by atoms with van der Waals surface area (Å²) < 4.78 is 0. The maximum atomic E-state index is 12.3. The molecular formula is C14H14N2O. The van der Waals surface area contributed by atoms with Gasteiger partial charge in [-0.05, 0) is 19.4 Å². The molecule has 0 aliphatic heterocycles. The number of nitrogens with zero attached hydrogens (tertiary/aromatic N) is 1. The van der Waals surface area contributed by atoms with Crippen LogP contribution in [0.1, 0.15) is 29.4 Å². The van der Waals surface area contributed by atoms with Gasteiger partial charge in [-0.15, -0.1) is 0 Å². The third kappa shape index (κ3) is 1.83. The molecule has 3 nitrogen and oxygen atoms in total. The first-order valence-corrected chi connectivity index (χ1v) is 5.70. The highest BCUT2D eigenvalue weighted by atomic mass is 16.1. The van der Waals surface area contributed by atoms with E-state index in [2.05, 4.69) is 11.1 Å². The van der Waals surface area contributed by atoms with E-state index in [1.807, 2.05) is 38.1 Å². The maximum absolute atomic E-state index is 12.3. The maximum Gasteiger partial charge on any atom is 0.182 e. The number of hydrogen-bond acceptors (Lipinski definition) is 2. The van der Waals surface area contributed by atoms with Gasteiger partial charge in [-0.25, -0.2) is 0 Å². The Morgan fingerprint density at radius 2 is 2.18 bits per heavy atom. The molecule has 0 aliphatic carbocycles. The fourth-order valence-electron chi connectivity index (χ4n) is 2.10. The summed E-state index contributed by atoms with van der Waals surface area (Å²) in [6, 6.07) is 9.75. The molecule has 0 radical (unpaired) electrons. The summed E-state index contributed by atoms with van der Waals surface area (Å²) in [5.74, 6) is -0.627. The number of H-pyrrole nitrogens is 1. The van der Waals surface area contributed by atoms with Crippen molar-refractivity contribution >= 4 is 16.7 Å². The Balaban J connectivity index is 2.59. The van der Waals surface area contributed by atoms with Crippen LogP contribution in [0.5, 0.6) is 0 Å². The average molecular weight is 226 g/mol. The number of aromatic nitrogens is 1. The molecule has 1 atom stereocenters. The summed E-state index contributed by atoms with van der Waals surface area (Å²) in [7, 11) is 0. The van der Waals surface area contributed by atoms with E-state index >= 15 is 0 Å². The van der Waals surface area contributed by atoms with Gasteiger partial charge in [0, 0.05) is 22.2 Å². The van der Waals surface area contributed by atoms with Crippen LogP contribution in [0, 0.1) is 24.2 Å². The second-order valence-electron chi connectivity index (χ2n) is 4.12. The predicted octanol–water partition coefficient (Wildman–Crippen LogP) is 3.21. The SMILES string of the molecule is CCC(C#N)C(=O)c1c(C)[nH]c2ccccc12. The molecule has 0 saturated heterocycles. The van der Waals surface area contributed by atoms with Crippen LogP contribution in [0.15, 0.2) is 24.3 Å². The van der Waals surface area contributed by atoms with Crippen LogP contribution in [-0.4, -0.2) is 10.8 Å². The van der Waals surface area contributed by atoms with Crippen molar-refractivity contribution in [1.82, 2.24) is 4.98 Å². The van der Waals surface area contributed by atoms with E-state index in [0.717, 1.165) is 16.6 Å². The molecule has 1 N–H and O–H groups in total. The Labute approximate surface area is 100 Å². The number of nitrogens with one attached hydrogen (secondary N) is 1. The van der Waals surface area contributed by atoms with Crippen LogP contribution in [-0.2, 0) is 0 Å². The van der Waals surface area contributed by atoms with Gasteiger partial charge in [-0.2, -0.15) is 5.26 Å². The highest BCUT2D eigenvalue weighted by Gasteiger charge is 2.22. The second-order valence-corrected chi connectivity index (χ2v) is 4.12. The normalized spacial score (nSPS) is 12.3. The van der Waals surface area contributed by atoms with Crippen molar-refractivity contribution in [2.75, 3.05) is 0 Å². The van der Waals surface area contributed by atoms with Gasteiger partial charge >= 0.3 is 0 Å². The van der Waals surface area contributed by atoms with Gasteiger partial charge in [0.15, 0.2) is 5.78 Å². The summed E-state index contributed by atoms with van der Waals surface area (Å²) in [5, 5.41) is 9.88. The van der Waals surface area contributed by atoms with Gasteiger partial charge in [0.2, 0.25) is 0 Å². The zero-order valence-electron chi connectivity index (χ0n) is 9.95. The number of hydrogen-bond donors (Lipinski definition) is 1. The van der Waals surface area contributed by atoms with Crippen molar-refractivity contribution < 1.29 is 4.79 Å². The quantitative estimate of drug-likeness (QED) is 0.817. The molecule has 0 fully saturated rings. The van der Waals surface area contributed by atoms with Gasteiger partial charge in [0.1, 0.15) is 5.92 Å². The van der Waals surface area contributed by atoms with Crippen molar-refractivity contribution in [2.24, 2.45) is 5.92 Å². The number of nitriles is 1. The van der Waals surface area contributed by atoms with Crippen LogP contribution in [0.4, 0.5) is 0 Å². The van der Waals surface area contributed by atoms with E-state index in [4.69, 9.17) is 5.26 Å². The molecular weight excluding hydrogens is 212 g/mol. The minimum Gasteiger partial charge on any atom is -0.358 e. The predicted molar refractivity (Wildman–Crippen MR) is 66.8 cm³/mol. The second kappa shape index (κ2) is 4.42. The molecule has 0 spiro atoms. The average Bonchev–Trinajstić information content (AvgIpc) is 2.66. The fourth-order valence-corrected chi connectivity index (χ4v) is 2.10. The summed E-state index contributed by atoms with van der Waals surface area (Å²) in [4.78, 5) is 15.4. The lowest BCUT2D eigenvalue weighted by molar-refractivity contribution is 0.0947. The minimum atomic E-state index is -0.548. The number of Topliss-reactive ketones (excluding diaryl/α,β-unsaturated/α-hetero) is 1. The van der Waals surface area contributed by atoms with Crippen LogP contribution in [0.3, 0.4) is 0 Å². The molecule has 1 aromatic heterocycles. The van der Waals surface area contributed by atoms with E-state index in [1.165, 1.54) is 0 Å². The van der Waals surface area contributed by atoms with Gasteiger partial charge < -0.3 is 4.98 Å². The van der Waals surface area contributed by atoms with Crippen LogP contribution in [0.25, 0.3) is 10.9 Å². The fraction of sp³-hybridized carbons (Fsp3) is 0.286. The largest absolute Gasteiger partial charge is 0.358 e. The number of rotatable bonds is 3. The molecule has 0 bridgehead atoms. The smallest absolute Gasteiger partial charge is 0.182 e. The van der Waals surface area contributed by atoms with Crippen molar-refractivity contribution in [3.05, 3.63) is 35.5 Å². The van der Waals surface area contributed by atoms with E-state index in [-0.39, 0.29) is 5.78 Å². The van der Waals surface area contributed by atoms with E-state index < -0.39 is 5.92 Å². The standard InChI is InChI=1S/C14H14N2O/c1-3-10(8-15)14(17)13-9(2)16-12-7-5-4-6-11(12)13/h4-7,10,16H,3H2,1-2H3. The van der Waals surface area contributed by atoms with Crippen molar-refractivity contribution in [3.63, 3.8) is 0 Å². The van der Waals surface area contributed by atoms with Gasteiger partial charge in [-0.1, -0.05) is 25.1 Å². The molecule has 2 aromatic rings. The summed E-state index contributed by atoms with van der Waals surface area (Å²) in [6.45, 7) is 3.73. The lowest BCUT2D eigenvalue weighted by Gasteiger charge is -2.05. The first kappa shape index (κ1) is 11.4. The number of fused-ring (bicyclic) bond motifs is 1. The number of carbonyl (C=O) groups excluding carboxylic acids is 1. The molecule has 86 valence electrons. The van der Waals surface area contributed by atoms with E-state index in [0.29, 0.717) is 12.0 Å². The number of aryl methyl sites for hydroxylation is 1. The number of aromatic amines is 1. The minimum absolute atomic E-state index is 0.0787. The molecule has 3 heteroatoms. The first-order valence-electron chi connectivity index (χ1n) is 5.70. The molecule has 0 aliphatic rings. The number of ketones is 1. The van der Waals surface area contributed by atoms with Gasteiger partial charge in [-0.3, -0.25) is 4.79 Å². The summed E-state index contributed by atoms with van der Waals surface area (Å²) in [6.07, 6.45) is 0.550. The molecule has 17 heavy (non-hydrogen) atoms. The van der Waals surface area contributed by atoms with Crippen molar-refractivity contribution in [2.45, 2.75) is 20.3 Å². The Bertz CT molecular complexity index is 604. The summed E-state index contributed by atoms with van der Waals surface area (Å²) >= 11 is 0. The van der Waals surface area contributed by atoms with Crippen LogP contribution < -0.4 is 0 Å². The first-order chi connectivity index (χ1) is 8.19. The molecule has 0 saturated carbocycles.